The molecular formula is C49H40N2. The summed E-state index contributed by atoms with van der Waals surface area (Å²) in [6.45, 7) is 2.04. The first kappa shape index (κ1) is 32.9. The zero-order valence-corrected chi connectivity index (χ0v) is 28.7. The van der Waals surface area contributed by atoms with E-state index in [0.29, 0.717) is 0 Å². The lowest BCUT2D eigenvalue weighted by molar-refractivity contribution is 1.52. The Morgan fingerprint density at radius 2 is 0.863 bits per heavy atom. The molecule has 0 saturated carbocycles. The van der Waals surface area contributed by atoms with Crippen LogP contribution in [-0.4, -0.2) is 0 Å². The van der Waals surface area contributed by atoms with Gasteiger partial charge in [-0.05, 0) is 112 Å². The summed E-state index contributed by atoms with van der Waals surface area (Å²) >= 11 is 0. The van der Waals surface area contributed by atoms with Crippen LogP contribution in [0.25, 0.3) is 45.0 Å². The van der Waals surface area contributed by atoms with Gasteiger partial charge in [0.1, 0.15) is 0 Å². The van der Waals surface area contributed by atoms with Crippen molar-refractivity contribution in [2.45, 2.75) is 6.92 Å². The third-order valence-electron chi connectivity index (χ3n) is 8.81. The van der Waals surface area contributed by atoms with Gasteiger partial charge in [0, 0.05) is 22.7 Å². The van der Waals surface area contributed by atoms with Crippen LogP contribution in [0.4, 0.5) is 22.7 Å². The number of allylic oxidation sites excluding steroid dienone is 5. The van der Waals surface area contributed by atoms with Crippen LogP contribution in [0.5, 0.6) is 0 Å². The van der Waals surface area contributed by atoms with Gasteiger partial charge in [0.2, 0.25) is 0 Å². The molecule has 2 nitrogen and oxygen atoms in total. The fraction of sp³-hybridized carbons (Fsp3) is 0.0204. The van der Waals surface area contributed by atoms with Gasteiger partial charge in [-0.1, -0.05) is 158 Å². The molecule has 0 aliphatic heterocycles. The molecule has 2 N–H and O–H groups in total. The molecule has 0 fully saturated rings. The van der Waals surface area contributed by atoms with Gasteiger partial charge < -0.3 is 10.6 Å². The molecule has 0 radical (unpaired) electrons. The summed E-state index contributed by atoms with van der Waals surface area (Å²) in [5.41, 5.74) is 14.9. The number of rotatable bonds is 11. The lowest BCUT2D eigenvalue weighted by Gasteiger charge is -2.16. The molecule has 0 aromatic heterocycles. The second-order valence-corrected chi connectivity index (χ2v) is 12.3. The Hall–Kier alpha value is -6.64. The van der Waals surface area contributed by atoms with Gasteiger partial charge in [-0.2, -0.15) is 0 Å². The van der Waals surface area contributed by atoms with Crippen molar-refractivity contribution in [3.63, 3.8) is 0 Å². The summed E-state index contributed by atoms with van der Waals surface area (Å²) in [6, 6.07) is 64.0. The van der Waals surface area contributed by atoms with Crippen LogP contribution in [-0.2, 0) is 0 Å². The fourth-order valence-corrected chi connectivity index (χ4v) is 6.23. The van der Waals surface area contributed by atoms with Crippen LogP contribution in [0.3, 0.4) is 0 Å². The van der Waals surface area contributed by atoms with Gasteiger partial charge in [0.25, 0.3) is 0 Å². The SMILES string of the molecule is C\C=C/C=C\C(=C\c1ccc(Nc2ccc(-c3ccccc3)cc2)cc1)c1ccccc1-c1ccccc1-c1ccc(Nc2ccccc2)cc1. The summed E-state index contributed by atoms with van der Waals surface area (Å²) in [7, 11) is 0. The fourth-order valence-electron chi connectivity index (χ4n) is 6.23. The highest BCUT2D eigenvalue weighted by Gasteiger charge is 2.13. The van der Waals surface area contributed by atoms with Crippen molar-refractivity contribution in [2.24, 2.45) is 0 Å². The number of nitrogens with one attached hydrogen (secondary N) is 2. The second kappa shape index (κ2) is 16.2. The molecule has 51 heavy (non-hydrogen) atoms. The molecule has 246 valence electrons. The first-order chi connectivity index (χ1) is 25.2. The lowest BCUT2D eigenvalue weighted by Crippen LogP contribution is -1.93. The zero-order chi connectivity index (χ0) is 34.7. The van der Waals surface area contributed by atoms with Crippen LogP contribution < -0.4 is 10.6 Å². The summed E-state index contributed by atoms with van der Waals surface area (Å²) in [5, 5.41) is 7.06. The molecule has 0 unspecified atom stereocenters. The normalized spacial score (nSPS) is 11.6. The minimum Gasteiger partial charge on any atom is -0.356 e. The molecule has 7 aromatic rings. The van der Waals surface area contributed by atoms with E-state index in [-0.39, 0.29) is 0 Å². The lowest BCUT2D eigenvalue weighted by atomic mass is 9.88. The largest absolute Gasteiger partial charge is 0.356 e. The molecular weight excluding hydrogens is 617 g/mol. The maximum Gasteiger partial charge on any atom is 0.0384 e. The monoisotopic (exact) mass is 656 g/mol. The van der Waals surface area contributed by atoms with E-state index in [1.807, 2.05) is 31.2 Å². The average molecular weight is 657 g/mol. The molecule has 0 saturated heterocycles. The second-order valence-electron chi connectivity index (χ2n) is 12.3. The van der Waals surface area contributed by atoms with Crippen LogP contribution in [0.15, 0.2) is 206 Å². The van der Waals surface area contributed by atoms with E-state index in [4.69, 9.17) is 0 Å². The van der Waals surface area contributed by atoms with E-state index in [1.54, 1.807) is 0 Å². The molecule has 0 spiro atoms. The molecule has 0 amide bonds. The van der Waals surface area contributed by atoms with E-state index < -0.39 is 0 Å². The van der Waals surface area contributed by atoms with Gasteiger partial charge in [0.15, 0.2) is 0 Å². The highest BCUT2D eigenvalue weighted by atomic mass is 14.9. The Kier molecular flexibility index (Phi) is 10.4. The quantitative estimate of drug-likeness (QED) is 0.107. The highest BCUT2D eigenvalue weighted by molar-refractivity contribution is 5.97. The van der Waals surface area contributed by atoms with Gasteiger partial charge in [0.05, 0.1) is 0 Å². The third-order valence-corrected chi connectivity index (χ3v) is 8.81. The van der Waals surface area contributed by atoms with E-state index in [2.05, 4.69) is 199 Å². The molecule has 2 heteroatoms. The maximum atomic E-state index is 3.56. The molecule has 0 atom stereocenters. The van der Waals surface area contributed by atoms with Crippen molar-refractivity contribution in [1.29, 1.82) is 0 Å². The van der Waals surface area contributed by atoms with E-state index in [0.717, 1.165) is 33.9 Å². The minimum atomic E-state index is 1.05. The van der Waals surface area contributed by atoms with Crippen molar-refractivity contribution in [1.82, 2.24) is 0 Å². The first-order valence-electron chi connectivity index (χ1n) is 17.4. The topological polar surface area (TPSA) is 24.1 Å². The predicted octanol–water partition coefficient (Wildman–Crippen LogP) is 13.8. The number of benzene rings is 7. The van der Waals surface area contributed by atoms with Crippen molar-refractivity contribution >= 4 is 34.4 Å². The van der Waals surface area contributed by atoms with Crippen molar-refractivity contribution in [2.75, 3.05) is 10.6 Å². The van der Waals surface area contributed by atoms with Crippen molar-refractivity contribution in [3.05, 3.63) is 217 Å². The summed E-state index contributed by atoms with van der Waals surface area (Å²) in [4.78, 5) is 0. The first-order valence-corrected chi connectivity index (χ1v) is 17.4. The number of anilines is 4. The van der Waals surface area contributed by atoms with Crippen LogP contribution in [0.2, 0.25) is 0 Å². The Labute approximate surface area is 301 Å². The van der Waals surface area contributed by atoms with Crippen LogP contribution in [0, 0.1) is 0 Å². The Balaban J connectivity index is 1.16. The number of hydrogen-bond acceptors (Lipinski definition) is 2. The van der Waals surface area contributed by atoms with Gasteiger partial charge in [-0.15, -0.1) is 0 Å². The molecule has 7 rings (SSSR count). The molecule has 0 bridgehead atoms. The number of hydrogen-bond donors (Lipinski definition) is 2. The Morgan fingerprint density at radius 3 is 1.49 bits per heavy atom. The molecule has 0 heterocycles. The third kappa shape index (κ3) is 8.33. The highest BCUT2D eigenvalue weighted by Crippen LogP contribution is 2.38. The van der Waals surface area contributed by atoms with E-state index in [9.17, 15) is 0 Å². The minimum absolute atomic E-state index is 1.05. The molecule has 0 aliphatic rings. The predicted molar refractivity (Wildman–Crippen MR) is 220 cm³/mol. The Bertz CT molecular complexity index is 2260. The summed E-state index contributed by atoms with van der Waals surface area (Å²) < 4.78 is 0. The van der Waals surface area contributed by atoms with Gasteiger partial charge >= 0.3 is 0 Å². The van der Waals surface area contributed by atoms with Crippen molar-refractivity contribution in [3.8, 4) is 33.4 Å². The molecule has 7 aromatic carbocycles. The Morgan fingerprint density at radius 1 is 0.392 bits per heavy atom. The zero-order valence-electron chi connectivity index (χ0n) is 28.7. The van der Waals surface area contributed by atoms with Crippen molar-refractivity contribution < 1.29 is 0 Å². The van der Waals surface area contributed by atoms with Crippen LogP contribution >= 0.6 is 0 Å². The average Bonchev–Trinajstić information content (AvgIpc) is 3.20. The van der Waals surface area contributed by atoms with E-state index in [1.165, 1.54) is 38.9 Å². The maximum absolute atomic E-state index is 3.56. The standard InChI is InChI=1S/C49H40N2/c1-2-3-6-17-41(36-37-24-30-43(31-25-37)51-44-32-26-39(27-33-44)38-15-7-4-8-16-38)47-21-12-14-23-49(47)48-22-13-11-20-46(48)40-28-34-45(35-29-40)50-42-18-9-5-10-19-42/h2-36,50-51H,1H3/b3-2-,17-6-,41-36-. The van der Waals surface area contributed by atoms with Gasteiger partial charge in [-0.3, -0.25) is 0 Å². The summed E-state index contributed by atoms with van der Waals surface area (Å²) in [5.74, 6) is 0. The van der Waals surface area contributed by atoms with E-state index >= 15 is 0 Å². The molecule has 0 aliphatic carbocycles. The van der Waals surface area contributed by atoms with Crippen LogP contribution in [0.1, 0.15) is 18.1 Å². The smallest absolute Gasteiger partial charge is 0.0384 e. The summed E-state index contributed by atoms with van der Waals surface area (Å²) in [6.07, 6.45) is 10.7. The van der Waals surface area contributed by atoms with Gasteiger partial charge in [-0.25, -0.2) is 0 Å². The number of para-hydroxylation sites is 1.